The number of aromatic nitrogens is 1. The molecule has 2 aromatic rings. The molecule has 2 heteroatoms. The summed E-state index contributed by atoms with van der Waals surface area (Å²) < 4.78 is 2.16. The van der Waals surface area contributed by atoms with Crippen LogP contribution in [0.25, 0.3) is 10.9 Å². The molecule has 0 saturated carbocycles. The largest absolute Gasteiger partial charge is 0.344 e. The van der Waals surface area contributed by atoms with E-state index < -0.39 is 0 Å². The lowest BCUT2D eigenvalue weighted by atomic mass is 10.2. The molecule has 0 N–H and O–H groups in total. The van der Waals surface area contributed by atoms with E-state index >= 15 is 0 Å². The molecule has 0 radical (unpaired) electrons. The van der Waals surface area contributed by atoms with E-state index in [1.54, 1.807) is 6.92 Å². The Balaban J connectivity index is 2.39. The van der Waals surface area contributed by atoms with Crippen LogP contribution in [0.1, 0.15) is 26.3 Å². The molecule has 78 valence electrons. The average Bonchev–Trinajstić information content (AvgIpc) is 2.59. The van der Waals surface area contributed by atoms with Crippen LogP contribution in [0.5, 0.6) is 0 Å². The van der Waals surface area contributed by atoms with Crippen LogP contribution in [0.3, 0.4) is 0 Å². The van der Waals surface area contributed by atoms with E-state index in [9.17, 15) is 4.79 Å². The van der Waals surface area contributed by atoms with Crippen LogP contribution in [-0.4, -0.2) is 10.4 Å². The minimum absolute atomic E-state index is 0.236. The van der Waals surface area contributed by atoms with Crippen molar-refractivity contribution in [2.24, 2.45) is 0 Å². The maximum atomic E-state index is 11.1. The van der Waals surface area contributed by atoms with Gasteiger partial charge in [-0.3, -0.25) is 4.79 Å². The Labute approximate surface area is 89.5 Å². The van der Waals surface area contributed by atoms with E-state index in [1.165, 1.54) is 10.9 Å². The van der Waals surface area contributed by atoms with Crippen LogP contribution in [0, 0.1) is 0 Å². The molecule has 1 aromatic heterocycles. The van der Waals surface area contributed by atoms with Gasteiger partial charge in [0.15, 0.2) is 0 Å². The summed E-state index contributed by atoms with van der Waals surface area (Å²) in [6, 6.07) is 10.6. The highest BCUT2D eigenvalue weighted by atomic mass is 16.1. The maximum absolute atomic E-state index is 11.1. The molecule has 1 atom stereocenters. The summed E-state index contributed by atoms with van der Waals surface area (Å²) in [5.74, 6) is 0.236. The highest BCUT2D eigenvalue weighted by Gasteiger charge is 2.09. The van der Waals surface area contributed by atoms with Gasteiger partial charge in [-0.1, -0.05) is 18.2 Å². The SMILES string of the molecule is CC(=O)CC(C)n1ccc2ccccc21. The predicted octanol–water partition coefficient (Wildman–Crippen LogP) is 3.18. The second-order valence-corrected chi connectivity index (χ2v) is 4.04. The van der Waals surface area contributed by atoms with Gasteiger partial charge in [-0.05, 0) is 31.4 Å². The Kier molecular flexibility index (Phi) is 2.58. The summed E-state index contributed by atoms with van der Waals surface area (Å²) in [6.07, 6.45) is 2.65. The lowest BCUT2D eigenvalue weighted by Gasteiger charge is -2.13. The fraction of sp³-hybridized carbons (Fsp3) is 0.308. The van der Waals surface area contributed by atoms with Crippen molar-refractivity contribution in [2.45, 2.75) is 26.3 Å². The van der Waals surface area contributed by atoms with E-state index in [2.05, 4.69) is 35.9 Å². The third-order valence-corrected chi connectivity index (χ3v) is 2.69. The number of hydrogen-bond acceptors (Lipinski definition) is 1. The molecule has 2 rings (SSSR count). The number of para-hydroxylation sites is 1. The molecule has 0 aliphatic heterocycles. The van der Waals surface area contributed by atoms with Gasteiger partial charge in [-0.25, -0.2) is 0 Å². The van der Waals surface area contributed by atoms with Crippen molar-refractivity contribution in [3.8, 4) is 0 Å². The fourth-order valence-electron chi connectivity index (χ4n) is 2.00. The number of rotatable bonds is 3. The van der Waals surface area contributed by atoms with Gasteiger partial charge in [0.1, 0.15) is 5.78 Å². The Morgan fingerprint density at radius 1 is 1.33 bits per heavy atom. The number of carbonyl (C=O) groups is 1. The van der Waals surface area contributed by atoms with Crippen molar-refractivity contribution in [3.63, 3.8) is 0 Å². The zero-order valence-corrected chi connectivity index (χ0v) is 9.10. The molecule has 15 heavy (non-hydrogen) atoms. The number of benzene rings is 1. The smallest absolute Gasteiger partial charge is 0.131 e. The summed E-state index contributed by atoms with van der Waals surface area (Å²) >= 11 is 0. The second-order valence-electron chi connectivity index (χ2n) is 4.04. The van der Waals surface area contributed by atoms with Crippen molar-refractivity contribution in [2.75, 3.05) is 0 Å². The molecular formula is C13H15NO. The van der Waals surface area contributed by atoms with Gasteiger partial charge in [0, 0.05) is 24.2 Å². The molecular weight excluding hydrogens is 186 g/mol. The van der Waals surface area contributed by atoms with E-state index in [0.717, 1.165) is 0 Å². The van der Waals surface area contributed by atoms with Crippen molar-refractivity contribution >= 4 is 16.7 Å². The van der Waals surface area contributed by atoms with Crippen molar-refractivity contribution < 1.29 is 4.79 Å². The molecule has 1 unspecified atom stereocenters. The van der Waals surface area contributed by atoms with Gasteiger partial charge >= 0.3 is 0 Å². The lowest BCUT2D eigenvalue weighted by Crippen LogP contribution is -2.07. The minimum atomic E-state index is 0.236. The van der Waals surface area contributed by atoms with Gasteiger partial charge in [-0.2, -0.15) is 0 Å². The van der Waals surface area contributed by atoms with Crippen molar-refractivity contribution in [1.82, 2.24) is 4.57 Å². The van der Waals surface area contributed by atoms with Crippen LogP contribution in [0.2, 0.25) is 0 Å². The van der Waals surface area contributed by atoms with Gasteiger partial charge in [0.05, 0.1) is 0 Å². The summed E-state index contributed by atoms with van der Waals surface area (Å²) in [5.41, 5.74) is 1.20. The molecule has 0 spiro atoms. The number of carbonyl (C=O) groups excluding carboxylic acids is 1. The molecule has 0 aliphatic rings. The molecule has 2 nitrogen and oxygen atoms in total. The van der Waals surface area contributed by atoms with Gasteiger partial charge in [0.2, 0.25) is 0 Å². The molecule has 1 aromatic carbocycles. The number of fused-ring (bicyclic) bond motifs is 1. The molecule has 0 aliphatic carbocycles. The van der Waals surface area contributed by atoms with Crippen LogP contribution < -0.4 is 0 Å². The normalized spacial score (nSPS) is 12.9. The van der Waals surface area contributed by atoms with Gasteiger partial charge in [-0.15, -0.1) is 0 Å². The number of Topliss-reactive ketones (excluding diaryl/α,β-unsaturated/α-hetero) is 1. The molecule has 0 fully saturated rings. The Morgan fingerprint density at radius 3 is 2.80 bits per heavy atom. The molecule has 0 bridgehead atoms. The predicted molar refractivity (Wildman–Crippen MR) is 61.9 cm³/mol. The number of hydrogen-bond donors (Lipinski definition) is 0. The second kappa shape index (κ2) is 3.89. The van der Waals surface area contributed by atoms with Crippen LogP contribution in [0.15, 0.2) is 36.5 Å². The summed E-state index contributed by atoms with van der Waals surface area (Å²) in [7, 11) is 0. The first-order valence-electron chi connectivity index (χ1n) is 5.23. The van der Waals surface area contributed by atoms with E-state index in [0.29, 0.717) is 6.42 Å². The number of ketones is 1. The average molecular weight is 201 g/mol. The summed E-state index contributed by atoms with van der Waals surface area (Å²) in [4.78, 5) is 11.1. The quantitative estimate of drug-likeness (QED) is 0.747. The fourth-order valence-corrected chi connectivity index (χ4v) is 2.00. The van der Waals surface area contributed by atoms with E-state index in [1.807, 2.05) is 12.1 Å². The van der Waals surface area contributed by atoms with Crippen molar-refractivity contribution in [3.05, 3.63) is 36.5 Å². The third-order valence-electron chi connectivity index (χ3n) is 2.69. The van der Waals surface area contributed by atoms with E-state index in [4.69, 9.17) is 0 Å². The Hall–Kier alpha value is -1.57. The molecule has 0 amide bonds. The van der Waals surface area contributed by atoms with Crippen LogP contribution in [0.4, 0.5) is 0 Å². The Bertz CT molecular complexity index is 484. The van der Waals surface area contributed by atoms with Crippen molar-refractivity contribution in [1.29, 1.82) is 0 Å². The highest BCUT2D eigenvalue weighted by molar-refractivity contribution is 5.81. The van der Waals surface area contributed by atoms with Gasteiger partial charge < -0.3 is 4.57 Å². The Morgan fingerprint density at radius 2 is 2.07 bits per heavy atom. The summed E-state index contributed by atoms with van der Waals surface area (Å²) in [5, 5.41) is 1.23. The zero-order chi connectivity index (χ0) is 10.8. The topological polar surface area (TPSA) is 22.0 Å². The monoisotopic (exact) mass is 201 g/mol. The lowest BCUT2D eigenvalue weighted by molar-refractivity contribution is -0.117. The summed E-state index contributed by atoms with van der Waals surface area (Å²) in [6.45, 7) is 3.72. The maximum Gasteiger partial charge on any atom is 0.131 e. The zero-order valence-electron chi connectivity index (χ0n) is 9.10. The minimum Gasteiger partial charge on any atom is -0.344 e. The first-order valence-corrected chi connectivity index (χ1v) is 5.23. The van der Waals surface area contributed by atoms with Crippen LogP contribution in [-0.2, 0) is 4.79 Å². The number of nitrogens with zero attached hydrogens (tertiary/aromatic N) is 1. The van der Waals surface area contributed by atoms with E-state index in [-0.39, 0.29) is 11.8 Å². The first kappa shape index (κ1) is 9.97. The van der Waals surface area contributed by atoms with Gasteiger partial charge in [0.25, 0.3) is 0 Å². The molecule has 0 saturated heterocycles. The first-order chi connectivity index (χ1) is 7.18. The van der Waals surface area contributed by atoms with Crippen LogP contribution >= 0.6 is 0 Å². The standard InChI is InChI=1S/C13H15NO/c1-10(9-11(2)15)14-8-7-12-5-3-4-6-13(12)14/h3-8,10H,9H2,1-2H3. The highest BCUT2D eigenvalue weighted by Crippen LogP contribution is 2.21. The third kappa shape index (κ3) is 1.94. The molecule has 1 heterocycles.